The number of nitrogens with zero attached hydrogens (tertiary/aromatic N) is 2. The number of pyridine rings is 1. The molecule has 0 amide bonds. The fourth-order valence-corrected chi connectivity index (χ4v) is 4.69. The number of hydrogen-bond donors (Lipinski definition) is 3. The summed E-state index contributed by atoms with van der Waals surface area (Å²) in [4.78, 5) is 10.3. The van der Waals surface area contributed by atoms with Gasteiger partial charge in [0.25, 0.3) is 0 Å². The van der Waals surface area contributed by atoms with Gasteiger partial charge in [-0.2, -0.15) is 0 Å². The Morgan fingerprint density at radius 3 is 2.45 bits per heavy atom. The van der Waals surface area contributed by atoms with Crippen molar-refractivity contribution in [2.24, 2.45) is 0 Å². The first kappa shape index (κ1) is 21.8. The van der Waals surface area contributed by atoms with Gasteiger partial charge in [0, 0.05) is 42.0 Å². The standard InChI is InChI=1S/C28H31N3O2/c1-28(2,33)23-11-9-21(10-12-23)26-16-30-27-25(26)14-22(15-29-27)20-7-5-19(6-8-20)17-31-13-3-4-24(32)18-31/h5-12,14-16,24,32-33H,3-4,13,17-18H2,1-2H3,(H,29,30). The molecule has 0 aliphatic carbocycles. The van der Waals surface area contributed by atoms with Crippen molar-refractivity contribution in [2.75, 3.05) is 13.1 Å². The van der Waals surface area contributed by atoms with Crippen LogP contribution in [-0.2, 0) is 12.1 Å². The Labute approximate surface area is 194 Å². The maximum Gasteiger partial charge on any atom is 0.137 e. The number of rotatable bonds is 5. The van der Waals surface area contributed by atoms with Gasteiger partial charge in [-0.3, -0.25) is 4.90 Å². The SMILES string of the molecule is CC(C)(O)c1ccc(-c2c[nH]c3ncc(-c4ccc(CN5CCCC(O)C5)cc4)cc23)cc1. The second-order valence-electron chi connectivity index (χ2n) is 9.69. The quantitative estimate of drug-likeness (QED) is 0.404. The highest BCUT2D eigenvalue weighted by Gasteiger charge is 2.18. The Bertz CT molecular complexity index is 1240. The van der Waals surface area contributed by atoms with Gasteiger partial charge in [-0.1, -0.05) is 48.5 Å². The zero-order valence-electron chi connectivity index (χ0n) is 19.3. The highest BCUT2D eigenvalue weighted by atomic mass is 16.3. The fraction of sp³-hybridized carbons (Fsp3) is 0.321. The zero-order chi connectivity index (χ0) is 23.0. The van der Waals surface area contributed by atoms with Crippen LogP contribution in [0.15, 0.2) is 67.0 Å². The van der Waals surface area contributed by atoms with Crippen LogP contribution in [0.1, 0.15) is 37.8 Å². The normalized spacial score (nSPS) is 17.5. The van der Waals surface area contributed by atoms with Crippen LogP contribution in [0.25, 0.3) is 33.3 Å². The summed E-state index contributed by atoms with van der Waals surface area (Å²) in [5.41, 5.74) is 6.57. The molecular weight excluding hydrogens is 410 g/mol. The molecule has 0 spiro atoms. The Morgan fingerprint density at radius 1 is 1.03 bits per heavy atom. The van der Waals surface area contributed by atoms with Crippen molar-refractivity contribution in [1.82, 2.24) is 14.9 Å². The number of fused-ring (bicyclic) bond motifs is 1. The monoisotopic (exact) mass is 441 g/mol. The van der Waals surface area contributed by atoms with Crippen molar-refractivity contribution < 1.29 is 10.2 Å². The van der Waals surface area contributed by atoms with Crippen molar-refractivity contribution in [2.45, 2.75) is 44.9 Å². The molecule has 170 valence electrons. The summed E-state index contributed by atoms with van der Waals surface area (Å²) in [6.45, 7) is 6.27. The molecule has 0 radical (unpaired) electrons. The van der Waals surface area contributed by atoms with E-state index < -0.39 is 5.60 Å². The minimum atomic E-state index is -0.854. The number of β-amino-alcohol motifs (C(OH)–C–C–N with tert-alkyl or cyclic N) is 1. The Morgan fingerprint density at radius 2 is 1.76 bits per heavy atom. The molecule has 3 heterocycles. The summed E-state index contributed by atoms with van der Waals surface area (Å²) in [6.07, 6.45) is 5.69. The third kappa shape index (κ3) is 4.71. The highest BCUT2D eigenvalue weighted by molar-refractivity contribution is 5.95. The van der Waals surface area contributed by atoms with Crippen molar-refractivity contribution in [3.05, 3.63) is 78.1 Å². The number of aliphatic hydroxyl groups excluding tert-OH is 1. The van der Waals surface area contributed by atoms with Crippen LogP contribution in [-0.4, -0.2) is 44.3 Å². The van der Waals surface area contributed by atoms with E-state index in [-0.39, 0.29) is 6.10 Å². The van der Waals surface area contributed by atoms with Gasteiger partial charge >= 0.3 is 0 Å². The van der Waals surface area contributed by atoms with Crippen LogP contribution in [0.5, 0.6) is 0 Å². The lowest BCUT2D eigenvalue weighted by atomic mass is 9.95. The van der Waals surface area contributed by atoms with Crippen LogP contribution in [0.3, 0.4) is 0 Å². The fourth-order valence-electron chi connectivity index (χ4n) is 4.69. The predicted molar refractivity (Wildman–Crippen MR) is 133 cm³/mol. The maximum atomic E-state index is 10.2. The average molecular weight is 442 g/mol. The number of piperidine rings is 1. The predicted octanol–water partition coefficient (Wildman–Crippen LogP) is 5.08. The zero-order valence-corrected chi connectivity index (χ0v) is 19.3. The molecule has 5 rings (SSSR count). The second-order valence-corrected chi connectivity index (χ2v) is 9.69. The molecule has 1 saturated heterocycles. The lowest BCUT2D eigenvalue weighted by Gasteiger charge is -2.29. The second kappa shape index (κ2) is 8.75. The van der Waals surface area contributed by atoms with Gasteiger partial charge in [-0.05, 0) is 61.6 Å². The Kier molecular flexibility index (Phi) is 5.79. The topological polar surface area (TPSA) is 72.4 Å². The Balaban J connectivity index is 1.39. The van der Waals surface area contributed by atoms with Gasteiger partial charge in [0.2, 0.25) is 0 Å². The number of aliphatic hydroxyl groups is 2. The van der Waals surface area contributed by atoms with Crippen molar-refractivity contribution in [1.29, 1.82) is 0 Å². The number of aromatic amines is 1. The molecule has 0 saturated carbocycles. The average Bonchev–Trinajstić information content (AvgIpc) is 3.22. The van der Waals surface area contributed by atoms with Gasteiger partial charge in [0.1, 0.15) is 5.65 Å². The minimum absolute atomic E-state index is 0.197. The summed E-state index contributed by atoms with van der Waals surface area (Å²) < 4.78 is 0. The number of H-pyrrole nitrogens is 1. The van der Waals surface area contributed by atoms with E-state index in [1.165, 1.54) is 5.56 Å². The third-order valence-electron chi connectivity index (χ3n) is 6.61. The molecule has 1 aliphatic rings. The number of aromatic nitrogens is 2. The first-order valence-electron chi connectivity index (χ1n) is 11.7. The molecule has 4 aromatic rings. The molecule has 3 N–H and O–H groups in total. The van der Waals surface area contributed by atoms with Crippen molar-refractivity contribution in [3.8, 4) is 22.3 Å². The minimum Gasteiger partial charge on any atom is -0.392 e. The molecule has 1 aliphatic heterocycles. The van der Waals surface area contributed by atoms with Gasteiger partial charge in [-0.25, -0.2) is 4.98 Å². The number of likely N-dealkylation sites (tertiary alicyclic amines) is 1. The van der Waals surface area contributed by atoms with E-state index in [1.807, 2.05) is 24.5 Å². The first-order chi connectivity index (χ1) is 15.9. The van der Waals surface area contributed by atoms with E-state index in [0.29, 0.717) is 0 Å². The smallest absolute Gasteiger partial charge is 0.137 e. The lowest BCUT2D eigenvalue weighted by molar-refractivity contribution is 0.0668. The number of hydrogen-bond acceptors (Lipinski definition) is 4. The van der Waals surface area contributed by atoms with Gasteiger partial charge < -0.3 is 15.2 Å². The summed E-state index contributed by atoms with van der Waals surface area (Å²) in [6, 6.07) is 18.9. The highest BCUT2D eigenvalue weighted by Crippen LogP contribution is 2.32. The number of benzene rings is 2. The molecule has 0 bridgehead atoms. The largest absolute Gasteiger partial charge is 0.392 e. The summed E-state index contributed by atoms with van der Waals surface area (Å²) >= 11 is 0. The Hall–Kier alpha value is -2.99. The van der Waals surface area contributed by atoms with Crippen LogP contribution >= 0.6 is 0 Å². The van der Waals surface area contributed by atoms with Crippen molar-refractivity contribution >= 4 is 11.0 Å². The molecule has 1 fully saturated rings. The van der Waals surface area contributed by atoms with Gasteiger partial charge in [-0.15, -0.1) is 0 Å². The van der Waals surface area contributed by atoms with Crippen molar-refractivity contribution in [3.63, 3.8) is 0 Å². The van der Waals surface area contributed by atoms with E-state index in [4.69, 9.17) is 0 Å². The molecule has 2 aromatic carbocycles. The molecule has 1 unspecified atom stereocenters. The summed E-state index contributed by atoms with van der Waals surface area (Å²) in [5.74, 6) is 0. The van der Waals surface area contributed by atoms with E-state index >= 15 is 0 Å². The lowest BCUT2D eigenvalue weighted by Crippen LogP contribution is -2.37. The third-order valence-corrected chi connectivity index (χ3v) is 6.61. The van der Waals surface area contributed by atoms with E-state index in [2.05, 4.69) is 57.3 Å². The first-order valence-corrected chi connectivity index (χ1v) is 11.7. The number of nitrogens with one attached hydrogen (secondary N) is 1. The summed E-state index contributed by atoms with van der Waals surface area (Å²) in [5, 5.41) is 21.2. The van der Waals surface area contributed by atoms with E-state index in [9.17, 15) is 10.2 Å². The van der Waals surface area contributed by atoms with Gasteiger partial charge in [0.05, 0.1) is 11.7 Å². The van der Waals surface area contributed by atoms with Crippen LogP contribution in [0.2, 0.25) is 0 Å². The van der Waals surface area contributed by atoms with Crippen LogP contribution in [0.4, 0.5) is 0 Å². The molecule has 5 nitrogen and oxygen atoms in total. The maximum absolute atomic E-state index is 10.2. The summed E-state index contributed by atoms with van der Waals surface area (Å²) in [7, 11) is 0. The van der Waals surface area contributed by atoms with E-state index in [0.717, 1.165) is 71.3 Å². The molecule has 33 heavy (non-hydrogen) atoms. The van der Waals surface area contributed by atoms with Gasteiger partial charge in [0.15, 0.2) is 0 Å². The van der Waals surface area contributed by atoms with E-state index in [1.54, 1.807) is 13.8 Å². The molecule has 1 atom stereocenters. The van der Waals surface area contributed by atoms with Crippen LogP contribution < -0.4 is 0 Å². The van der Waals surface area contributed by atoms with Crippen LogP contribution in [0, 0.1) is 0 Å². The molecule has 2 aromatic heterocycles. The molecular formula is C28H31N3O2. The molecule has 5 heteroatoms.